The van der Waals surface area contributed by atoms with Crippen LogP contribution in [0.25, 0.3) is 6.08 Å². The van der Waals surface area contributed by atoms with Crippen LogP contribution in [0.4, 0.5) is 0 Å². The van der Waals surface area contributed by atoms with Crippen molar-refractivity contribution >= 4 is 46.6 Å². The summed E-state index contributed by atoms with van der Waals surface area (Å²) in [6.45, 7) is 5.61. The number of aryl methyl sites for hydroxylation is 1. The summed E-state index contributed by atoms with van der Waals surface area (Å²) in [6, 6.07) is 0. The highest BCUT2D eigenvalue weighted by molar-refractivity contribution is 7.17. The third kappa shape index (κ3) is 5.92. The number of aliphatic carboxylic acids is 1. The van der Waals surface area contributed by atoms with Gasteiger partial charge in [0.15, 0.2) is 0 Å². The Balaban J connectivity index is 2.79. The first kappa shape index (κ1) is 17.8. The predicted molar refractivity (Wildman–Crippen MR) is 92.4 cm³/mol. The summed E-state index contributed by atoms with van der Waals surface area (Å²) in [6.07, 6.45) is 10.4. The third-order valence-corrected chi connectivity index (χ3v) is 4.53. The van der Waals surface area contributed by atoms with Crippen LogP contribution in [0.5, 0.6) is 0 Å². The molecule has 0 aliphatic heterocycles. The fourth-order valence-electron chi connectivity index (χ4n) is 1.51. The molecule has 0 saturated heterocycles. The van der Waals surface area contributed by atoms with Crippen LogP contribution in [0.2, 0.25) is 9.36 Å². The molecule has 0 saturated carbocycles. The van der Waals surface area contributed by atoms with Gasteiger partial charge in [-0.2, -0.15) is 0 Å². The second kappa shape index (κ2) is 8.23. The van der Waals surface area contributed by atoms with Crippen molar-refractivity contribution in [2.45, 2.75) is 20.8 Å². The van der Waals surface area contributed by atoms with Crippen LogP contribution in [0.15, 0.2) is 41.5 Å². The van der Waals surface area contributed by atoms with E-state index in [1.165, 1.54) is 11.3 Å². The van der Waals surface area contributed by atoms with E-state index in [1.54, 1.807) is 19.1 Å². The number of carboxylic acid groups (broad SMARTS) is 1. The lowest BCUT2D eigenvalue weighted by atomic mass is 10.2. The molecule has 1 heterocycles. The molecule has 112 valence electrons. The number of hydrogen-bond acceptors (Lipinski definition) is 2. The summed E-state index contributed by atoms with van der Waals surface area (Å²) in [5, 5.41) is 9.28. The summed E-state index contributed by atoms with van der Waals surface area (Å²) in [5.74, 6) is -0.949. The Morgan fingerprint density at radius 2 is 1.86 bits per heavy atom. The highest BCUT2D eigenvalue weighted by Crippen LogP contribution is 2.36. The van der Waals surface area contributed by atoms with E-state index in [9.17, 15) is 4.79 Å². The van der Waals surface area contributed by atoms with E-state index >= 15 is 0 Å². The fourth-order valence-corrected chi connectivity index (χ4v) is 3.14. The lowest BCUT2D eigenvalue weighted by Crippen LogP contribution is -1.87. The van der Waals surface area contributed by atoms with Gasteiger partial charge in [0.2, 0.25) is 0 Å². The van der Waals surface area contributed by atoms with Crippen LogP contribution in [-0.2, 0) is 4.79 Å². The monoisotopic (exact) mass is 342 g/mol. The van der Waals surface area contributed by atoms with E-state index < -0.39 is 5.97 Å². The largest absolute Gasteiger partial charge is 0.478 e. The van der Waals surface area contributed by atoms with E-state index in [1.807, 2.05) is 32.1 Å². The molecular weight excluding hydrogens is 327 g/mol. The SMILES string of the molecule is CC(/C=C/c1c(Cl)sc(C)c1Cl)=C\C=C\C(C)=C\C(=O)O. The Bertz CT molecular complexity index is 649. The summed E-state index contributed by atoms with van der Waals surface area (Å²) < 4.78 is 0.678. The summed E-state index contributed by atoms with van der Waals surface area (Å²) in [7, 11) is 0. The van der Waals surface area contributed by atoms with Crippen LogP contribution < -0.4 is 0 Å². The average molecular weight is 343 g/mol. The van der Waals surface area contributed by atoms with Crippen molar-refractivity contribution < 1.29 is 9.90 Å². The maximum Gasteiger partial charge on any atom is 0.328 e. The first-order valence-electron chi connectivity index (χ1n) is 6.20. The lowest BCUT2D eigenvalue weighted by Gasteiger charge is -1.93. The second-order valence-electron chi connectivity index (χ2n) is 4.49. The van der Waals surface area contributed by atoms with Crippen molar-refractivity contribution in [1.82, 2.24) is 0 Å². The molecule has 1 aromatic heterocycles. The van der Waals surface area contributed by atoms with Gasteiger partial charge < -0.3 is 5.11 Å². The van der Waals surface area contributed by atoms with Crippen molar-refractivity contribution in [2.75, 3.05) is 0 Å². The average Bonchev–Trinajstić information content (AvgIpc) is 2.60. The zero-order valence-corrected chi connectivity index (χ0v) is 14.3. The highest BCUT2D eigenvalue weighted by Gasteiger charge is 2.09. The first-order chi connectivity index (χ1) is 9.81. The van der Waals surface area contributed by atoms with Crippen molar-refractivity contribution in [3.8, 4) is 0 Å². The smallest absolute Gasteiger partial charge is 0.328 e. The molecule has 2 nitrogen and oxygen atoms in total. The number of halogens is 2. The number of carbonyl (C=O) groups is 1. The Morgan fingerprint density at radius 1 is 1.19 bits per heavy atom. The Hall–Kier alpha value is -1.29. The van der Waals surface area contributed by atoms with E-state index in [4.69, 9.17) is 28.3 Å². The van der Waals surface area contributed by atoms with Gasteiger partial charge in [0.05, 0.1) is 5.02 Å². The molecule has 0 radical (unpaired) electrons. The Labute approximate surface area is 138 Å². The van der Waals surface area contributed by atoms with Gasteiger partial charge in [0.1, 0.15) is 4.34 Å². The first-order valence-corrected chi connectivity index (χ1v) is 7.77. The van der Waals surface area contributed by atoms with Crippen molar-refractivity contribution in [3.63, 3.8) is 0 Å². The molecule has 21 heavy (non-hydrogen) atoms. The molecule has 0 fully saturated rings. The highest BCUT2D eigenvalue weighted by atomic mass is 35.5. The Morgan fingerprint density at radius 3 is 2.38 bits per heavy atom. The number of rotatable bonds is 5. The zero-order chi connectivity index (χ0) is 16.0. The van der Waals surface area contributed by atoms with E-state index in [0.29, 0.717) is 14.9 Å². The van der Waals surface area contributed by atoms with E-state index in [2.05, 4.69) is 0 Å². The zero-order valence-electron chi connectivity index (χ0n) is 12.0. The van der Waals surface area contributed by atoms with Crippen molar-refractivity contribution in [3.05, 3.63) is 61.3 Å². The molecular formula is C16H16Cl2O2S. The van der Waals surface area contributed by atoms with Gasteiger partial charge in [-0.25, -0.2) is 4.79 Å². The van der Waals surface area contributed by atoms with Gasteiger partial charge in [0, 0.05) is 16.5 Å². The molecule has 0 atom stereocenters. The topological polar surface area (TPSA) is 37.3 Å². The van der Waals surface area contributed by atoms with Gasteiger partial charge >= 0.3 is 5.97 Å². The van der Waals surface area contributed by atoms with Gasteiger partial charge in [-0.15, -0.1) is 11.3 Å². The molecule has 0 bridgehead atoms. The molecule has 1 rings (SSSR count). The van der Waals surface area contributed by atoms with Crippen LogP contribution in [-0.4, -0.2) is 11.1 Å². The van der Waals surface area contributed by atoms with Crippen molar-refractivity contribution in [2.24, 2.45) is 0 Å². The third-order valence-electron chi connectivity index (χ3n) is 2.58. The maximum absolute atomic E-state index is 10.5. The molecule has 5 heteroatoms. The number of hydrogen-bond donors (Lipinski definition) is 1. The molecule has 0 amide bonds. The number of allylic oxidation sites excluding steroid dienone is 6. The normalized spacial score (nSPS) is 13.6. The van der Waals surface area contributed by atoms with Crippen LogP contribution in [0, 0.1) is 6.92 Å². The van der Waals surface area contributed by atoms with Gasteiger partial charge in [-0.1, -0.05) is 59.2 Å². The van der Waals surface area contributed by atoms with Crippen LogP contribution >= 0.6 is 34.5 Å². The minimum absolute atomic E-state index is 0.676. The summed E-state index contributed by atoms with van der Waals surface area (Å²) in [4.78, 5) is 11.5. The van der Waals surface area contributed by atoms with Gasteiger partial charge in [0.25, 0.3) is 0 Å². The summed E-state index contributed by atoms with van der Waals surface area (Å²) in [5.41, 5.74) is 2.51. The van der Waals surface area contributed by atoms with E-state index in [-0.39, 0.29) is 0 Å². The lowest BCUT2D eigenvalue weighted by molar-refractivity contribution is -0.131. The van der Waals surface area contributed by atoms with E-state index in [0.717, 1.165) is 22.1 Å². The minimum atomic E-state index is -0.949. The van der Waals surface area contributed by atoms with Crippen LogP contribution in [0.1, 0.15) is 24.3 Å². The van der Waals surface area contributed by atoms with Gasteiger partial charge in [-0.05, 0) is 26.3 Å². The molecule has 0 aromatic carbocycles. The fraction of sp³-hybridized carbons (Fsp3) is 0.188. The predicted octanol–water partition coefficient (Wildman–Crippen LogP) is 5.91. The summed E-state index contributed by atoms with van der Waals surface area (Å²) >= 11 is 13.7. The molecule has 0 spiro atoms. The molecule has 1 N–H and O–H groups in total. The minimum Gasteiger partial charge on any atom is -0.478 e. The second-order valence-corrected chi connectivity index (χ2v) is 6.69. The molecule has 0 unspecified atom stereocenters. The van der Waals surface area contributed by atoms with Crippen molar-refractivity contribution in [1.29, 1.82) is 0 Å². The molecule has 0 aliphatic rings. The molecule has 1 aromatic rings. The Kier molecular flexibility index (Phi) is 6.96. The number of thiophene rings is 1. The maximum atomic E-state index is 10.5. The number of carboxylic acids is 1. The van der Waals surface area contributed by atoms with Gasteiger partial charge in [-0.3, -0.25) is 0 Å². The van der Waals surface area contributed by atoms with Crippen LogP contribution in [0.3, 0.4) is 0 Å². The standard InChI is InChI=1S/C16H16Cl2O2S/c1-10(5-4-6-11(2)9-14(19)20)7-8-13-15(17)12(3)21-16(13)18/h4-9H,1-3H3,(H,19,20)/b6-4+,8-7+,10-5+,11-9+. The quantitative estimate of drug-likeness (QED) is 0.533. The molecule has 0 aliphatic carbocycles.